The van der Waals surface area contributed by atoms with Gasteiger partial charge in [-0.15, -0.1) is 11.3 Å². The first-order valence-electron chi connectivity index (χ1n) is 8.14. The summed E-state index contributed by atoms with van der Waals surface area (Å²) in [6.07, 6.45) is 6.11. The molecule has 122 valence electrons. The normalized spacial score (nSPS) is 17.7. The van der Waals surface area contributed by atoms with Crippen LogP contribution in [0.25, 0.3) is 15.9 Å². The summed E-state index contributed by atoms with van der Waals surface area (Å²) < 4.78 is 6.93. The van der Waals surface area contributed by atoms with Crippen LogP contribution in [0.2, 0.25) is 0 Å². The zero-order valence-electron chi connectivity index (χ0n) is 13.5. The molecule has 0 radical (unpaired) electrons. The van der Waals surface area contributed by atoms with E-state index in [-0.39, 0.29) is 0 Å². The van der Waals surface area contributed by atoms with Gasteiger partial charge in [-0.25, -0.2) is 9.97 Å². The van der Waals surface area contributed by atoms with E-state index in [4.69, 9.17) is 9.72 Å². The van der Waals surface area contributed by atoms with Crippen LogP contribution in [-0.4, -0.2) is 39.8 Å². The Bertz CT molecular complexity index is 840. The van der Waals surface area contributed by atoms with Crippen molar-refractivity contribution in [3.63, 3.8) is 0 Å². The van der Waals surface area contributed by atoms with Crippen molar-refractivity contribution >= 4 is 33.1 Å². The third-order valence-corrected chi connectivity index (χ3v) is 5.66. The number of rotatable bonds is 5. The first-order valence-corrected chi connectivity index (χ1v) is 8.96. The molecule has 23 heavy (non-hydrogen) atoms. The Morgan fingerprint density at radius 3 is 3.26 bits per heavy atom. The molecule has 1 aliphatic rings. The van der Waals surface area contributed by atoms with Crippen LogP contribution < -0.4 is 5.32 Å². The van der Waals surface area contributed by atoms with Gasteiger partial charge in [0.25, 0.3) is 0 Å². The molecule has 0 spiro atoms. The zero-order chi connectivity index (χ0) is 15.8. The number of thiophene rings is 1. The van der Waals surface area contributed by atoms with Crippen molar-refractivity contribution < 1.29 is 4.74 Å². The van der Waals surface area contributed by atoms with E-state index >= 15 is 0 Å². The van der Waals surface area contributed by atoms with Gasteiger partial charge < -0.3 is 10.1 Å². The summed E-state index contributed by atoms with van der Waals surface area (Å²) in [7, 11) is 1.72. The first-order chi connectivity index (χ1) is 11.3. The topological polar surface area (TPSA) is 64.3 Å². The van der Waals surface area contributed by atoms with Crippen LogP contribution in [-0.2, 0) is 17.6 Å². The fourth-order valence-electron chi connectivity index (χ4n) is 3.29. The molecule has 0 aliphatic heterocycles. The van der Waals surface area contributed by atoms with E-state index in [0.717, 1.165) is 54.8 Å². The second kappa shape index (κ2) is 6.05. The number of aryl methyl sites for hydroxylation is 1. The summed E-state index contributed by atoms with van der Waals surface area (Å²) in [5.41, 5.74) is 2.37. The highest BCUT2D eigenvalue weighted by Crippen LogP contribution is 2.39. The van der Waals surface area contributed by atoms with Gasteiger partial charge in [0.15, 0.2) is 5.65 Å². The number of ether oxygens (including phenoxy) is 1. The van der Waals surface area contributed by atoms with Crippen molar-refractivity contribution in [1.82, 2.24) is 19.6 Å². The van der Waals surface area contributed by atoms with E-state index in [1.165, 1.54) is 22.2 Å². The molecule has 0 amide bonds. The average molecular weight is 331 g/mol. The maximum Gasteiger partial charge on any atom is 0.227 e. The highest BCUT2D eigenvalue weighted by Gasteiger charge is 2.24. The maximum absolute atomic E-state index is 5.09. The minimum Gasteiger partial charge on any atom is -0.385 e. The van der Waals surface area contributed by atoms with Gasteiger partial charge in [-0.1, -0.05) is 6.92 Å². The Morgan fingerprint density at radius 1 is 1.48 bits per heavy atom. The van der Waals surface area contributed by atoms with E-state index in [1.807, 2.05) is 15.9 Å². The van der Waals surface area contributed by atoms with Crippen molar-refractivity contribution in [3.8, 4) is 0 Å². The summed E-state index contributed by atoms with van der Waals surface area (Å²) in [6.45, 7) is 3.87. The SMILES string of the molecule is COCCCNc1nc2sc3c(c2c2ncnn12)C[C@H](C)CC3. The molecule has 1 atom stereocenters. The van der Waals surface area contributed by atoms with Crippen LogP contribution in [0.1, 0.15) is 30.2 Å². The van der Waals surface area contributed by atoms with E-state index in [0.29, 0.717) is 0 Å². The number of hydrogen-bond acceptors (Lipinski definition) is 6. The molecule has 0 saturated heterocycles. The molecule has 3 heterocycles. The van der Waals surface area contributed by atoms with Crippen LogP contribution in [0.15, 0.2) is 6.33 Å². The van der Waals surface area contributed by atoms with Gasteiger partial charge in [-0.3, -0.25) is 0 Å². The second-order valence-electron chi connectivity index (χ2n) is 6.24. The lowest BCUT2D eigenvalue weighted by molar-refractivity contribution is 0.197. The minimum absolute atomic E-state index is 0.732. The number of anilines is 1. The van der Waals surface area contributed by atoms with Gasteiger partial charge in [-0.05, 0) is 37.2 Å². The maximum atomic E-state index is 5.09. The molecule has 0 fully saturated rings. The molecule has 1 N–H and O–H groups in total. The molecule has 0 bridgehead atoms. The van der Waals surface area contributed by atoms with Gasteiger partial charge in [0.2, 0.25) is 5.95 Å². The van der Waals surface area contributed by atoms with Crippen molar-refractivity contribution in [1.29, 1.82) is 0 Å². The van der Waals surface area contributed by atoms with E-state index in [2.05, 4.69) is 22.3 Å². The molecule has 6 nitrogen and oxygen atoms in total. The van der Waals surface area contributed by atoms with E-state index in [1.54, 1.807) is 13.4 Å². The molecule has 0 aromatic carbocycles. The van der Waals surface area contributed by atoms with Crippen molar-refractivity contribution in [2.45, 2.75) is 32.6 Å². The molecular weight excluding hydrogens is 310 g/mol. The zero-order valence-corrected chi connectivity index (χ0v) is 14.3. The molecule has 0 saturated carbocycles. The van der Waals surface area contributed by atoms with Crippen LogP contribution in [0, 0.1) is 5.92 Å². The molecule has 1 aliphatic carbocycles. The fourth-order valence-corrected chi connectivity index (χ4v) is 4.51. The molecule has 3 aromatic heterocycles. The smallest absolute Gasteiger partial charge is 0.227 e. The number of aromatic nitrogens is 4. The number of nitrogens with zero attached hydrogens (tertiary/aromatic N) is 4. The third kappa shape index (κ3) is 2.57. The van der Waals surface area contributed by atoms with Crippen molar-refractivity contribution in [2.24, 2.45) is 5.92 Å². The number of hydrogen-bond donors (Lipinski definition) is 1. The summed E-state index contributed by atoms with van der Waals surface area (Å²) in [5, 5.41) is 8.94. The lowest BCUT2D eigenvalue weighted by atomic mass is 9.89. The predicted molar refractivity (Wildman–Crippen MR) is 92.3 cm³/mol. The average Bonchev–Trinajstić information content (AvgIpc) is 3.15. The molecule has 7 heteroatoms. The Morgan fingerprint density at radius 2 is 2.39 bits per heavy atom. The van der Waals surface area contributed by atoms with E-state index < -0.39 is 0 Å². The Hall–Kier alpha value is -1.73. The minimum atomic E-state index is 0.732. The predicted octanol–water partition coefficient (Wildman–Crippen LogP) is 2.91. The Kier molecular flexibility index (Phi) is 3.90. The van der Waals surface area contributed by atoms with Crippen molar-refractivity contribution in [3.05, 3.63) is 16.8 Å². The Labute approximate surface area is 138 Å². The standard InChI is InChI=1S/C16H21N5OS/c1-10-4-5-12-11(8-10)13-14-18-9-19-21(14)16(20-15(13)23-12)17-6-3-7-22-2/h9-10H,3-8H2,1-2H3,(H,17,20)/t10-/m1/s1. The first kappa shape index (κ1) is 14.8. The van der Waals surface area contributed by atoms with Gasteiger partial charge in [0.1, 0.15) is 11.2 Å². The van der Waals surface area contributed by atoms with Gasteiger partial charge in [0.05, 0.1) is 5.39 Å². The van der Waals surface area contributed by atoms with Gasteiger partial charge >= 0.3 is 0 Å². The van der Waals surface area contributed by atoms with Crippen LogP contribution in [0.4, 0.5) is 5.95 Å². The quantitative estimate of drug-likeness (QED) is 0.728. The lowest BCUT2D eigenvalue weighted by Crippen LogP contribution is -2.11. The summed E-state index contributed by atoms with van der Waals surface area (Å²) in [6, 6.07) is 0. The van der Waals surface area contributed by atoms with E-state index in [9.17, 15) is 0 Å². The summed E-state index contributed by atoms with van der Waals surface area (Å²) in [4.78, 5) is 11.9. The lowest BCUT2D eigenvalue weighted by Gasteiger charge is -2.17. The van der Waals surface area contributed by atoms with Crippen LogP contribution in [0.5, 0.6) is 0 Å². The summed E-state index contributed by atoms with van der Waals surface area (Å²) in [5.74, 6) is 1.50. The van der Waals surface area contributed by atoms with Crippen LogP contribution >= 0.6 is 11.3 Å². The molecule has 0 unspecified atom stereocenters. The number of methoxy groups -OCH3 is 1. The largest absolute Gasteiger partial charge is 0.385 e. The highest BCUT2D eigenvalue weighted by atomic mass is 32.1. The molecular formula is C16H21N5OS. The fraction of sp³-hybridized carbons (Fsp3) is 0.562. The van der Waals surface area contributed by atoms with Crippen LogP contribution in [0.3, 0.4) is 0 Å². The molecule has 3 aromatic rings. The van der Waals surface area contributed by atoms with Gasteiger partial charge in [-0.2, -0.15) is 9.61 Å². The Balaban J connectivity index is 1.78. The van der Waals surface area contributed by atoms with Crippen molar-refractivity contribution in [2.75, 3.05) is 25.6 Å². The number of fused-ring (bicyclic) bond motifs is 5. The second-order valence-corrected chi connectivity index (χ2v) is 7.32. The molecule has 4 rings (SSSR count). The monoisotopic (exact) mass is 331 g/mol. The van der Waals surface area contributed by atoms with Gasteiger partial charge in [0, 0.05) is 25.1 Å². The third-order valence-electron chi connectivity index (χ3n) is 4.48. The number of nitrogens with one attached hydrogen (secondary N) is 1. The highest BCUT2D eigenvalue weighted by molar-refractivity contribution is 7.19. The summed E-state index contributed by atoms with van der Waals surface area (Å²) >= 11 is 1.82.